The van der Waals surface area contributed by atoms with Crippen LogP contribution in [0.1, 0.15) is 88.5 Å². The molecule has 21 heavy (non-hydrogen) atoms. The maximum atomic E-state index is 4.44. The van der Waals surface area contributed by atoms with E-state index in [0.717, 1.165) is 12.6 Å². The summed E-state index contributed by atoms with van der Waals surface area (Å²) < 4.78 is 0. The van der Waals surface area contributed by atoms with Crippen LogP contribution in [0.2, 0.25) is 0 Å². The molecule has 0 saturated heterocycles. The predicted octanol–water partition coefficient (Wildman–Crippen LogP) is 5.51. The molecule has 120 valence electrons. The molecule has 1 unspecified atom stereocenters. The van der Waals surface area contributed by atoms with Crippen LogP contribution in [-0.2, 0) is 0 Å². The molecule has 1 aromatic heterocycles. The lowest BCUT2D eigenvalue weighted by molar-refractivity contribution is 0.397. The van der Waals surface area contributed by atoms with Crippen molar-refractivity contribution >= 4 is 11.3 Å². The summed E-state index contributed by atoms with van der Waals surface area (Å²) in [4.78, 5) is 4.44. The molecular weight excluding hydrogens is 276 g/mol. The highest BCUT2D eigenvalue weighted by Gasteiger charge is 2.13. The first-order valence-electron chi connectivity index (χ1n) is 8.99. The molecule has 1 aliphatic rings. The van der Waals surface area contributed by atoms with Crippen molar-refractivity contribution in [2.24, 2.45) is 0 Å². The van der Waals surface area contributed by atoms with Crippen molar-refractivity contribution in [3.05, 3.63) is 16.6 Å². The standard InChI is InChI=1S/C18H32N2S/c1-16(18-19-13-14-21-18)15-20-17-11-9-7-5-3-2-4-6-8-10-12-17/h13-14,16-17,20H,2-12,15H2,1H3. The van der Waals surface area contributed by atoms with E-state index < -0.39 is 0 Å². The van der Waals surface area contributed by atoms with E-state index in [9.17, 15) is 0 Å². The van der Waals surface area contributed by atoms with Crippen molar-refractivity contribution in [3.8, 4) is 0 Å². The molecule has 1 saturated carbocycles. The molecule has 1 atom stereocenters. The Morgan fingerprint density at radius 3 is 2.14 bits per heavy atom. The fourth-order valence-electron chi connectivity index (χ4n) is 3.28. The van der Waals surface area contributed by atoms with E-state index in [4.69, 9.17) is 0 Å². The lowest BCUT2D eigenvalue weighted by Crippen LogP contribution is -2.32. The van der Waals surface area contributed by atoms with E-state index >= 15 is 0 Å². The summed E-state index contributed by atoms with van der Waals surface area (Å²) in [5, 5.41) is 7.19. The lowest BCUT2D eigenvalue weighted by Gasteiger charge is -2.21. The summed E-state index contributed by atoms with van der Waals surface area (Å²) in [5.41, 5.74) is 0. The van der Waals surface area contributed by atoms with E-state index in [1.807, 2.05) is 6.20 Å². The average molecular weight is 309 g/mol. The number of nitrogens with one attached hydrogen (secondary N) is 1. The van der Waals surface area contributed by atoms with Crippen LogP contribution in [0.25, 0.3) is 0 Å². The summed E-state index contributed by atoms with van der Waals surface area (Å²) in [7, 11) is 0. The van der Waals surface area contributed by atoms with Crippen LogP contribution in [0, 0.1) is 0 Å². The summed E-state index contributed by atoms with van der Waals surface area (Å²) in [5.74, 6) is 0.548. The first-order valence-corrected chi connectivity index (χ1v) is 9.87. The zero-order valence-electron chi connectivity index (χ0n) is 13.7. The Morgan fingerprint density at radius 1 is 1.05 bits per heavy atom. The van der Waals surface area contributed by atoms with Crippen molar-refractivity contribution in [2.75, 3.05) is 6.54 Å². The SMILES string of the molecule is CC(CNC1CCCCCCCCCCC1)c1nccs1. The minimum Gasteiger partial charge on any atom is -0.313 e. The number of rotatable bonds is 4. The van der Waals surface area contributed by atoms with Crippen LogP contribution in [0.3, 0.4) is 0 Å². The molecule has 0 radical (unpaired) electrons. The molecular formula is C18H32N2S. The molecule has 0 amide bonds. The van der Waals surface area contributed by atoms with Gasteiger partial charge in [0.1, 0.15) is 0 Å². The Labute approximate surface area is 134 Å². The van der Waals surface area contributed by atoms with Crippen LogP contribution in [0.5, 0.6) is 0 Å². The maximum absolute atomic E-state index is 4.44. The maximum Gasteiger partial charge on any atom is 0.0965 e. The predicted molar refractivity (Wildman–Crippen MR) is 93.1 cm³/mol. The number of hydrogen-bond acceptors (Lipinski definition) is 3. The van der Waals surface area contributed by atoms with Crippen LogP contribution in [-0.4, -0.2) is 17.6 Å². The first kappa shape index (κ1) is 17.0. The Bertz CT molecular complexity index is 338. The normalized spacial score (nSPS) is 21.4. The molecule has 0 aromatic carbocycles. The summed E-state index contributed by atoms with van der Waals surface area (Å²) >= 11 is 1.79. The molecule has 1 fully saturated rings. The fraction of sp³-hybridized carbons (Fsp3) is 0.833. The molecule has 2 rings (SSSR count). The summed E-state index contributed by atoms with van der Waals surface area (Å²) in [6.45, 7) is 3.37. The third-order valence-electron chi connectivity index (χ3n) is 4.69. The van der Waals surface area contributed by atoms with Crippen LogP contribution in [0.15, 0.2) is 11.6 Å². The zero-order chi connectivity index (χ0) is 14.8. The van der Waals surface area contributed by atoms with Crippen molar-refractivity contribution in [1.29, 1.82) is 0 Å². The van der Waals surface area contributed by atoms with E-state index in [0.29, 0.717) is 5.92 Å². The number of thiazole rings is 1. The molecule has 0 aliphatic heterocycles. The minimum atomic E-state index is 0.548. The Kier molecular flexibility index (Phi) is 8.35. The topological polar surface area (TPSA) is 24.9 Å². The molecule has 3 heteroatoms. The van der Waals surface area contributed by atoms with Gasteiger partial charge in [0.25, 0.3) is 0 Å². The lowest BCUT2D eigenvalue weighted by atomic mass is 9.97. The third kappa shape index (κ3) is 6.92. The van der Waals surface area contributed by atoms with Crippen LogP contribution in [0.4, 0.5) is 0 Å². The Hall–Kier alpha value is -0.410. The van der Waals surface area contributed by atoms with Gasteiger partial charge in [-0.3, -0.25) is 0 Å². The molecule has 1 heterocycles. The van der Waals surface area contributed by atoms with Gasteiger partial charge in [-0.05, 0) is 12.8 Å². The van der Waals surface area contributed by atoms with Gasteiger partial charge in [0.15, 0.2) is 0 Å². The molecule has 2 nitrogen and oxygen atoms in total. The van der Waals surface area contributed by atoms with Gasteiger partial charge in [-0.1, -0.05) is 64.7 Å². The number of hydrogen-bond donors (Lipinski definition) is 1. The highest BCUT2D eigenvalue weighted by molar-refractivity contribution is 7.09. The smallest absolute Gasteiger partial charge is 0.0965 e. The second-order valence-corrected chi connectivity index (χ2v) is 7.56. The summed E-state index contributed by atoms with van der Waals surface area (Å²) in [6, 6.07) is 0.729. The van der Waals surface area contributed by atoms with E-state index in [1.54, 1.807) is 11.3 Å². The average Bonchev–Trinajstić information content (AvgIpc) is 3.01. The van der Waals surface area contributed by atoms with Gasteiger partial charge in [-0.15, -0.1) is 11.3 Å². The molecule has 0 spiro atoms. The quantitative estimate of drug-likeness (QED) is 0.793. The number of nitrogens with zero attached hydrogens (tertiary/aromatic N) is 1. The van der Waals surface area contributed by atoms with E-state index in [-0.39, 0.29) is 0 Å². The van der Waals surface area contributed by atoms with E-state index in [2.05, 4.69) is 22.6 Å². The van der Waals surface area contributed by atoms with Gasteiger partial charge in [-0.2, -0.15) is 0 Å². The molecule has 1 aromatic rings. The molecule has 0 bridgehead atoms. The van der Waals surface area contributed by atoms with Gasteiger partial charge in [-0.25, -0.2) is 4.98 Å². The van der Waals surface area contributed by atoms with E-state index in [1.165, 1.54) is 75.6 Å². The van der Waals surface area contributed by atoms with Gasteiger partial charge in [0.05, 0.1) is 5.01 Å². The number of aromatic nitrogens is 1. The second-order valence-electron chi connectivity index (χ2n) is 6.64. The van der Waals surface area contributed by atoms with Gasteiger partial charge in [0, 0.05) is 30.1 Å². The van der Waals surface area contributed by atoms with Crippen molar-refractivity contribution in [2.45, 2.75) is 89.5 Å². The van der Waals surface area contributed by atoms with Crippen molar-refractivity contribution in [1.82, 2.24) is 10.3 Å². The van der Waals surface area contributed by atoms with Gasteiger partial charge >= 0.3 is 0 Å². The highest BCUT2D eigenvalue weighted by Crippen LogP contribution is 2.19. The first-order chi connectivity index (χ1) is 10.4. The Morgan fingerprint density at radius 2 is 1.62 bits per heavy atom. The van der Waals surface area contributed by atoms with Crippen molar-refractivity contribution < 1.29 is 0 Å². The fourth-order valence-corrected chi connectivity index (χ4v) is 3.97. The highest BCUT2D eigenvalue weighted by atomic mass is 32.1. The van der Waals surface area contributed by atoms with Gasteiger partial charge < -0.3 is 5.32 Å². The molecule has 1 aliphatic carbocycles. The van der Waals surface area contributed by atoms with Gasteiger partial charge in [0.2, 0.25) is 0 Å². The third-order valence-corrected chi connectivity index (χ3v) is 5.70. The molecule has 1 N–H and O–H groups in total. The van der Waals surface area contributed by atoms with Crippen LogP contribution < -0.4 is 5.32 Å². The summed E-state index contributed by atoms with van der Waals surface area (Å²) in [6.07, 6.45) is 17.6. The Balaban J connectivity index is 1.72. The zero-order valence-corrected chi connectivity index (χ0v) is 14.5. The minimum absolute atomic E-state index is 0.548. The van der Waals surface area contributed by atoms with Crippen molar-refractivity contribution in [3.63, 3.8) is 0 Å². The monoisotopic (exact) mass is 308 g/mol. The van der Waals surface area contributed by atoms with Crippen LogP contribution >= 0.6 is 11.3 Å². The largest absolute Gasteiger partial charge is 0.313 e. The second kappa shape index (κ2) is 10.3.